The van der Waals surface area contributed by atoms with Gasteiger partial charge in [0.1, 0.15) is 6.61 Å². The minimum absolute atomic E-state index is 0.101. The van der Waals surface area contributed by atoms with E-state index in [4.69, 9.17) is 4.74 Å². The number of aryl methyl sites for hydroxylation is 2. The van der Waals surface area contributed by atoms with Crippen LogP contribution in [0.5, 0.6) is 0 Å². The first kappa shape index (κ1) is 17.7. The van der Waals surface area contributed by atoms with Gasteiger partial charge in [0.2, 0.25) is 0 Å². The molecule has 0 amide bonds. The minimum atomic E-state index is -0.101. The summed E-state index contributed by atoms with van der Waals surface area (Å²) in [7, 11) is 0. The van der Waals surface area contributed by atoms with Gasteiger partial charge in [0.15, 0.2) is 0 Å². The summed E-state index contributed by atoms with van der Waals surface area (Å²) >= 11 is 0. The molecule has 0 aliphatic heterocycles. The largest absolute Gasteiger partial charge is 0.464 e. The summed E-state index contributed by atoms with van der Waals surface area (Å²) in [5.74, 6) is 0.0985. The predicted octanol–water partition coefficient (Wildman–Crippen LogP) is 3.68. The van der Waals surface area contributed by atoms with Gasteiger partial charge in [-0.2, -0.15) is 0 Å². The Labute approximate surface area is 129 Å². The van der Waals surface area contributed by atoms with Crippen LogP contribution in [0.4, 0.5) is 0 Å². The van der Waals surface area contributed by atoms with Crippen molar-refractivity contribution in [1.82, 2.24) is 4.90 Å². The maximum absolute atomic E-state index is 11.9. The van der Waals surface area contributed by atoms with Gasteiger partial charge < -0.3 is 9.64 Å². The first-order valence-electron chi connectivity index (χ1n) is 7.93. The van der Waals surface area contributed by atoms with Crippen molar-refractivity contribution in [2.24, 2.45) is 0 Å². The SMILES string of the molecule is CCN(CC)CCOC(=O)CC(C)c1cc(C)ccc1C. The lowest BCUT2D eigenvalue weighted by Gasteiger charge is -2.18. The molecule has 118 valence electrons. The van der Waals surface area contributed by atoms with Gasteiger partial charge in [-0.05, 0) is 44.0 Å². The van der Waals surface area contributed by atoms with Crippen LogP contribution in [-0.2, 0) is 9.53 Å². The second kappa shape index (κ2) is 8.83. The van der Waals surface area contributed by atoms with E-state index < -0.39 is 0 Å². The third kappa shape index (κ3) is 5.88. The summed E-state index contributed by atoms with van der Waals surface area (Å²) in [6.07, 6.45) is 0.447. The molecule has 0 fully saturated rings. The summed E-state index contributed by atoms with van der Waals surface area (Å²) in [5.41, 5.74) is 3.72. The highest BCUT2D eigenvalue weighted by atomic mass is 16.5. The lowest BCUT2D eigenvalue weighted by atomic mass is 9.92. The van der Waals surface area contributed by atoms with Crippen LogP contribution in [0, 0.1) is 13.8 Å². The quantitative estimate of drug-likeness (QED) is 0.684. The number of carbonyl (C=O) groups is 1. The number of rotatable bonds is 8. The minimum Gasteiger partial charge on any atom is -0.464 e. The van der Waals surface area contributed by atoms with Crippen molar-refractivity contribution < 1.29 is 9.53 Å². The number of ether oxygens (including phenoxy) is 1. The summed E-state index contributed by atoms with van der Waals surface area (Å²) in [4.78, 5) is 14.2. The zero-order valence-corrected chi connectivity index (χ0v) is 14.1. The number of hydrogen-bond acceptors (Lipinski definition) is 3. The van der Waals surface area contributed by atoms with Gasteiger partial charge in [-0.15, -0.1) is 0 Å². The Kier molecular flexibility index (Phi) is 7.44. The molecule has 21 heavy (non-hydrogen) atoms. The third-order valence-corrected chi connectivity index (χ3v) is 4.00. The van der Waals surface area contributed by atoms with E-state index >= 15 is 0 Å². The van der Waals surface area contributed by atoms with Crippen molar-refractivity contribution in [2.75, 3.05) is 26.2 Å². The van der Waals surface area contributed by atoms with Crippen LogP contribution in [0.25, 0.3) is 0 Å². The van der Waals surface area contributed by atoms with Crippen molar-refractivity contribution in [3.05, 3.63) is 34.9 Å². The van der Waals surface area contributed by atoms with Gasteiger partial charge in [0, 0.05) is 6.54 Å². The van der Waals surface area contributed by atoms with Crippen LogP contribution in [0.3, 0.4) is 0 Å². The lowest BCUT2D eigenvalue weighted by molar-refractivity contribution is -0.144. The monoisotopic (exact) mass is 291 g/mol. The molecular formula is C18H29NO2. The number of benzene rings is 1. The third-order valence-electron chi connectivity index (χ3n) is 4.00. The van der Waals surface area contributed by atoms with E-state index in [9.17, 15) is 4.79 Å². The van der Waals surface area contributed by atoms with Crippen LogP contribution in [0.1, 0.15) is 49.8 Å². The van der Waals surface area contributed by atoms with E-state index in [-0.39, 0.29) is 11.9 Å². The molecule has 0 saturated heterocycles. The Morgan fingerprint density at radius 1 is 1.24 bits per heavy atom. The molecule has 0 aliphatic rings. The number of esters is 1. The maximum atomic E-state index is 11.9. The second-order valence-electron chi connectivity index (χ2n) is 5.71. The zero-order chi connectivity index (χ0) is 15.8. The molecule has 1 unspecified atom stereocenters. The van der Waals surface area contributed by atoms with Crippen LogP contribution >= 0.6 is 0 Å². The van der Waals surface area contributed by atoms with Gasteiger partial charge in [-0.3, -0.25) is 4.79 Å². The van der Waals surface area contributed by atoms with Gasteiger partial charge in [-0.1, -0.05) is 44.5 Å². The van der Waals surface area contributed by atoms with Crippen molar-refractivity contribution >= 4 is 5.97 Å². The van der Waals surface area contributed by atoms with E-state index in [2.05, 4.69) is 57.7 Å². The van der Waals surface area contributed by atoms with Crippen molar-refractivity contribution in [1.29, 1.82) is 0 Å². The Morgan fingerprint density at radius 2 is 1.90 bits per heavy atom. The standard InChI is InChI=1S/C18H29NO2/c1-6-19(7-2)10-11-21-18(20)13-16(5)17-12-14(3)8-9-15(17)4/h8-9,12,16H,6-7,10-11,13H2,1-5H3. The zero-order valence-electron chi connectivity index (χ0n) is 14.1. The molecule has 1 aromatic carbocycles. The summed E-state index contributed by atoms with van der Waals surface area (Å²) in [5, 5.41) is 0. The highest BCUT2D eigenvalue weighted by Crippen LogP contribution is 2.24. The van der Waals surface area contributed by atoms with Crippen molar-refractivity contribution in [3.63, 3.8) is 0 Å². The number of hydrogen-bond donors (Lipinski definition) is 0. The number of likely N-dealkylation sites (N-methyl/N-ethyl adjacent to an activating group) is 1. The molecule has 0 spiro atoms. The van der Waals surface area contributed by atoms with E-state index in [1.807, 2.05) is 0 Å². The van der Waals surface area contributed by atoms with E-state index in [0.29, 0.717) is 13.0 Å². The fraction of sp³-hybridized carbons (Fsp3) is 0.611. The van der Waals surface area contributed by atoms with E-state index in [0.717, 1.165) is 19.6 Å². The van der Waals surface area contributed by atoms with Crippen LogP contribution in [0.2, 0.25) is 0 Å². The molecule has 0 saturated carbocycles. The molecule has 1 aromatic rings. The fourth-order valence-electron chi connectivity index (χ4n) is 2.54. The average Bonchev–Trinajstić information content (AvgIpc) is 2.46. The molecule has 0 aromatic heterocycles. The number of carbonyl (C=O) groups excluding carboxylic acids is 1. The molecule has 0 radical (unpaired) electrons. The summed E-state index contributed by atoms with van der Waals surface area (Å²) < 4.78 is 5.36. The summed E-state index contributed by atoms with van der Waals surface area (Å²) in [6.45, 7) is 13.8. The Hall–Kier alpha value is -1.35. The Balaban J connectivity index is 2.45. The molecule has 3 heteroatoms. The smallest absolute Gasteiger partial charge is 0.306 e. The predicted molar refractivity (Wildman–Crippen MR) is 87.7 cm³/mol. The van der Waals surface area contributed by atoms with Crippen molar-refractivity contribution in [2.45, 2.75) is 47.0 Å². The van der Waals surface area contributed by atoms with Gasteiger partial charge in [0.05, 0.1) is 6.42 Å². The van der Waals surface area contributed by atoms with Gasteiger partial charge in [-0.25, -0.2) is 0 Å². The molecule has 0 bridgehead atoms. The molecule has 3 nitrogen and oxygen atoms in total. The van der Waals surface area contributed by atoms with E-state index in [1.54, 1.807) is 0 Å². The first-order valence-corrected chi connectivity index (χ1v) is 7.93. The van der Waals surface area contributed by atoms with Crippen LogP contribution in [0.15, 0.2) is 18.2 Å². The van der Waals surface area contributed by atoms with E-state index in [1.165, 1.54) is 16.7 Å². The highest BCUT2D eigenvalue weighted by Gasteiger charge is 2.14. The second-order valence-corrected chi connectivity index (χ2v) is 5.71. The molecule has 1 atom stereocenters. The van der Waals surface area contributed by atoms with Gasteiger partial charge >= 0.3 is 5.97 Å². The Morgan fingerprint density at radius 3 is 2.52 bits per heavy atom. The summed E-state index contributed by atoms with van der Waals surface area (Å²) in [6, 6.07) is 6.39. The molecule has 0 heterocycles. The normalized spacial score (nSPS) is 12.5. The molecule has 1 rings (SSSR count). The van der Waals surface area contributed by atoms with Crippen LogP contribution in [-0.4, -0.2) is 37.1 Å². The average molecular weight is 291 g/mol. The first-order chi connectivity index (χ1) is 9.97. The maximum Gasteiger partial charge on any atom is 0.306 e. The topological polar surface area (TPSA) is 29.5 Å². The fourth-order valence-corrected chi connectivity index (χ4v) is 2.54. The van der Waals surface area contributed by atoms with Gasteiger partial charge in [0.25, 0.3) is 0 Å². The molecular weight excluding hydrogens is 262 g/mol. The Bertz CT molecular complexity index is 453. The lowest BCUT2D eigenvalue weighted by Crippen LogP contribution is -2.28. The number of nitrogens with zero attached hydrogens (tertiary/aromatic N) is 1. The highest BCUT2D eigenvalue weighted by molar-refractivity contribution is 5.70. The van der Waals surface area contributed by atoms with Crippen molar-refractivity contribution in [3.8, 4) is 0 Å². The van der Waals surface area contributed by atoms with Crippen LogP contribution < -0.4 is 0 Å². The molecule has 0 N–H and O–H groups in total. The molecule has 0 aliphatic carbocycles.